The fraction of sp³-hybridized carbons (Fsp3) is 0.562. The van der Waals surface area contributed by atoms with Gasteiger partial charge in [0.25, 0.3) is 0 Å². The lowest BCUT2D eigenvalue weighted by molar-refractivity contribution is -0.139. The fourth-order valence-corrected chi connectivity index (χ4v) is 5.92. The van der Waals surface area contributed by atoms with Crippen LogP contribution in [0.15, 0.2) is 60.7 Å². The molecule has 5 nitrogen and oxygen atoms in total. The van der Waals surface area contributed by atoms with E-state index in [0.29, 0.717) is 30.6 Å². The van der Waals surface area contributed by atoms with E-state index in [-0.39, 0.29) is 11.5 Å². The Hall–Kier alpha value is -2.50. The van der Waals surface area contributed by atoms with Gasteiger partial charge in [-0.25, -0.2) is 0 Å². The summed E-state index contributed by atoms with van der Waals surface area (Å²) in [6.45, 7) is 12.5. The lowest BCUT2D eigenvalue weighted by atomic mass is 9.87. The Balaban J connectivity index is 1.18. The van der Waals surface area contributed by atoms with Gasteiger partial charge in [-0.1, -0.05) is 60.7 Å². The van der Waals surface area contributed by atoms with Crippen molar-refractivity contribution in [1.82, 2.24) is 14.7 Å². The minimum atomic E-state index is 0.116. The Morgan fingerprint density at radius 1 is 0.811 bits per heavy atom. The minimum Gasteiger partial charge on any atom is -0.340 e. The van der Waals surface area contributed by atoms with Crippen LogP contribution in [-0.2, 0) is 9.59 Å². The third kappa shape index (κ3) is 7.75. The van der Waals surface area contributed by atoms with E-state index in [4.69, 9.17) is 0 Å². The number of rotatable bonds is 9. The summed E-state index contributed by atoms with van der Waals surface area (Å²) in [4.78, 5) is 32.7. The summed E-state index contributed by atoms with van der Waals surface area (Å²) < 4.78 is 0. The highest BCUT2D eigenvalue weighted by molar-refractivity contribution is 5.81. The monoisotopic (exact) mass is 503 g/mol. The lowest BCUT2D eigenvalue weighted by Crippen LogP contribution is -2.56. The molecule has 0 bridgehead atoms. The Labute approximate surface area is 223 Å². The summed E-state index contributed by atoms with van der Waals surface area (Å²) in [7, 11) is 0. The second-order valence-corrected chi connectivity index (χ2v) is 11.8. The summed E-state index contributed by atoms with van der Waals surface area (Å²) in [6.07, 6.45) is 4.22. The van der Waals surface area contributed by atoms with Gasteiger partial charge in [0, 0.05) is 50.0 Å². The quantitative estimate of drug-likeness (QED) is 0.471. The first kappa shape index (κ1) is 27.5. The first-order chi connectivity index (χ1) is 17.8. The molecule has 0 N–H and O–H groups in total. The smallest absolute Gasteiger partial charge is 0.225 e. The maximum absolute atomic E-state index is 13.1. The molecule has 4 rings (SSSR count). The molecule has 0 atom stereocenters. The van der Waals surface area contributed by atoms with Gasteiger partial charge in [0.1, 0.15) is 5.78 Å². The molecule has 1 amide bonds. The largest absolute Gasteiger partial charge is 0.340 e. The number of amides is 1. The zero-order chi connectivity index (χ0) is 26.3. The Kier molecular flexibility index (Phi) is 9.55. The lowest BCUT2D eigenvalue weighted by Gasteiger charge is -2.43. The van der Waals surface area contributed by atoms with Crippen LogP contribution in [0.1, 0.15) is 69.9 Å². The highest BCUT2D eigenvalue weighted by Gasteiger charge is 2.33. The number of hydrogen-bond acceptors (Lipinski definition) is 4. The number of Topliss-reactive ketones (excluding diaryl/α,β-unsaturated/α-hetero) is 1. The summed E-state index contributed by atoms with van der Waals surface area (Å²) in [5, 5.41) is 0. The fourth-order valence-electron chi connectivity index (χ4n) is 5.92. The van der Waals surface area contributed by atoms with Gasteiger partial charge in [0.15, 0.2) is 0 Å². The van der Waals surface area contributed by atoms with Crippen LogP contribution in [0, 0.1) is 5.92 Å². The van der Waals surface area contributed by atoms with Crippen LogP contribution in [0.4, 0.5) is 0 Å². The normalized spacial score (nSPS) is 18.3. The molecule has 0 unspecified atom stereocenters. The zero-order valence-corrected chi connectivity index (χ0v) is 23.1. The van der Waals surface area contributed by atoms with E-state index in [2.05, 4.69) is 96.1 Å². The van der Waals surface area contributed by atoms with Gasteiger partial charge in [0.05, 0.1) is 6.54 Å². The standard InChI is InChI=1S/C32H45N3O2/c1-32(2,3)35-23-21-34(22-24-35)31(37)28-17-19-33(20-18-28)25-29(36)15-10-16-30(26-11-6-4-7-12-26)27-13-8-5-9-14-27/h4-9,11-14,28,30H,10,15-25H2,1-3H3. The average Bonchev–Trinajstić information content (AvgIpc) is 2.92. The predicted octanol–water partition coefficient (Wildman–Crippen LogP) is 5.21. The minimum absolute atomic E-state index is 0.116. The van der Waals surface area contributed by atoms with Crippen molar-refractivity contribution in [3.63, 3.8) is 0 Å². The molecule has 2 aliphatic heterocycles. The van der Waals surface area contributed by atoms with Crippen LogP contribution in [0.25, 0.3) is 0 Å². The second kappa shape index (κ2) is 12.8. The van der Waals surface area contributed by atoms with Crippen molar-refractivity contribution < 1.29 is 9.59 Å². The van der Waals surface area contributed by atoms with Gasteiger partial charge in [-0.3, -0.25) is 19.4 Å². The number of carbonyl (C=O) groups excluding carboxylic acids is 2. The van der Waals surface area contributed by atoms with Gasteiger partial charge in [-0.05, 0) is 70.7 Å². The molecular weight excluding hydrogens is 458 g/mol. The van der Waals surface area contributed by atoms with Crippen molar-refractivity contribution in [2.24, 2.45) is 5.92 Å². The number of benzene rings is 2. The molecule has 2 aliphatic rings. The van der Waals surface area contributed by atoms with Crippen LogP contribution >= 0.6 is 0 Å². The molecule has 0 aromatic heterocycles. The molecular formula is C32H45N3O2. The van der Waals surface area contributed by atoms with Crippen molar-refractivity contribution >= 4 is 11.7 Å². The first-order valence-corrected chi connectivity index (χ1v) is 14.2. The summed E-state index contributed by atoms with van der Waals surface area (Å²) in [6, 6.07) is 21.2. The average molecular weight is 504 g/mol. The van der Waals surface area contributed by atoms with E-state index in [1.807, 2.05) is 0 Å². The molecule has 0 saturated carbocycles. The second-order valence-electron chi connectivity index (χ2n) is 11.8. The van der Waals surface area contributed by atoms with Crippen LogP contribution in [-0.4, -0.2) is 77.7 Å². The number of carbonyl (C=O) groups is 2. The molecule has 2 saturated heterocycles. The van der Waals surface area contributed by atoms with Crippen molar-refractivity contribution in [2.45, 2.75) is 64.3 Å². The first-order valence-electron chi connectivity index (χ1n) is 14.2. The molecule has 0 radical (unpaired) electrons. The molecule has 2 heterocycles. The summed E-state index contributed by atoms with van der Waals surface area (Å²) in [5.41, 5.74) is 2.79. The van der Waals surface area contributed by atoms with Crippen molar-refractivity contribution in [2.75, 3.05) is 45.8 Å². The highest BCUT2D eigenvalue weighted by atomic mass is 16.2. The van der Waals surface area contributed by atoms with E-state index in [1.54, 1.807) is 0 Å². The SMILES string of the molecule is CC(C)(C)N1CCN(C(=O)C2CCN(CC(=O)CCCC(c3ccccc3)c3ccccc3)CC2)CC1. The maximum Gasteiger partial charge on any atom is 0.225 e. The number of piperidine rings is 1. The van der Waals surface area contributed by atoms with E-state index in [9.17, 15) is 9.59 Å². The molecule has 0 aliphatic carbocycles. The van der Waals surface area contributed by atoms with Crippen molar-refractivity contribution in [3.05, 3.63) is 71.8 Å². The molecule has 2 aromatic rings. The Bertz CT molecular complexity index is 946. The van der Waals surface area contributed by atoms with Gasteiger partial charge in [-0.15, -0.1) is 0 Å². The number of nitrogens with zero attached hydrogens (tertiary/aromatic N) is 3. The summed E-state index contributed by atoms with van der Waals surface area (Å²) in [5.74, 6) is 1.09. The molecule has 37 heavy (non-hydrogen) atoms. The van der Waals surface area contributed by atoms with E-state index in [0.717, 1.165) is 65.0 Å². The molecule has 5 heteroatoms. The number of hydrogen-bond donors (Lipinski definition) is 0. The van der Waals surface area contributed by atoms with Crippen LogP contribution in [0.5, 0.6) is 0 Å². The van der Waals surface area contributed by atoms with Gasteiger partial charge < -0.3 is 4.90 Å². The van der Waals surface area contributed by atoms with E-state index < -0.39 is 0 Å². The number of likely N-dealkylation sites (tertiary alicyclic amines) is 1. The Morgan fingerprint density at radius 2 is 1.35 bits per heavy atom. The van der Waals surface area contributed by atoms with Gasteiger partial charge >= 0.3 is 0 Å². The zero-order valence-electron chi connectivity index (χ0n) is 23.1. The summed E-state index contributed by atoms with van der Waals surface area (Å²) >= 11 is 0. The van der Waals surface area contributed by atoms with Gasteiger partial charge in [-0.2, -0.15) is 0 Å². The molecule has 200 valence electrons. The predicted molar refractivity (Wildman–Crippen MR) is 151 cm³/mol. The maximum atomic E-state index is 13.1. The van der Waals surface area contributed by atoms with E-state index >= 15 is 0 Å². The molecule has 2 fully saturated rings. The molecule has 2 aromatic carbocycles. The third-order valence-corrected chi connectivity index (χ3v) is 8.23. The number of ketones is 1. The van der Waals surface area contributed by atoms with Gasteiger partial charge in [0.2, 0.25) is 5.91 Å². The van der Waals surface area contributed by atoms with Crippen LogP contribution in [0.2, 0.25) is 0 Å². The van der Waals surface area contributed by atoms with Crippen molar-refractivity contribution in [1.29, 1.82) is 0 Å². The number of piperazine rings is 1. The van der Waals surface area contributed by atoms with Crippen LogP contribution in [0.3, 0.4) is 0 Å². The van der Waals surface area contributed by atoms with Crippen LogP contribution < -0.4 is 0 Å². The Morgan fingerprint density at radius 3 is 1.86 bits per heavy atom. The van der Waals surface area contributed by atoms with Crippen molar-refractivity contribution in [3.8, 4) is 0 Å². The molecule has 0 spiro atoms. The topological polar surface area (TPSA) is 43.9 Å². The van der Waals surface area contributed by atoms with E-state index in [1.165, 1.54) is 11.1 Å². The third-order valence-electron chi connectivity index (χ3n) is 8.23. The highest BCUT2D eigenvalue weighted by Crippen LogP contribution is 2.30.